The number of hydrogen-bond acceptors (Lipinski definition) is 4. The minimum atomic E-state index is 0.0678. The quantitative estimate of drug-likeness (QED) is 0.389. The molecule has 6 heteroatoms. The second-order valence-electron chi connectivity index (χ2n) is 6.70. The van der Waals surface area contributed by atoms with Gasteiger partial charge in [0.1, 0.15) is 0 Å². The molecular weight excluding hydrogens is 390 g/mol. The van der Waals surface area contributed by atoms with Gasteiger partial charge in [0, 0.05) is 33.8 Å². The van der Waals surface area contributed by atoms with E-state index in [4.69, 9.17) is 11.6 Å². The number of carbonyl (C=O) groups excluding carboxylic acids is 1. The highest BCUT2D eigenvalue weighted by atomic mass is 35.5. The van der Waals surface area contributed by atoms with E-state index in [1.54, 1.807) is 11.3 Å². The summed E-state index contributed by atoms with van der Waals surface area (Å²) in [6.45, 7) is 4.16. The van der Waals surface area contributed by atoms with Crippen molar-refractivity contribution in [3.63, 3.8) is 0 Å². The third-order valence-electron chi connectivity index (χ3n) is 4.42. The Balaban J connectivity index is 1.63. The number of amides is 1. The number of anilines is 3. The Hall–Kier alpha value is -2.37. The van der Waals surface area contributed by atoms with Crippen LogP contribution in [0.25, 0.3) is 11.3 Å². The van der Waals surface area contributed by atoms with Crippen molar-refractivity contribution in [1.29, 1.82) is 0 Å². The molecule has 2 aromatic carbocycles. The van der Waals surface area contributed by atoms with Gasteiger partial charge in [0.25, 0.3) is 0 Å². The number of hydrogen-bond donors (Lipinski definition) is 2. The van der Waals surface area contributed by atoms with E-state index in [2.05, 4.69) is 22.5 Å². The lowest BCUT2D eigenvalue weighted by molar-refractivity contribution is -0.116. The van der Waals surface area contributed by atoms with Gasteiger partial charge >= 0.3 is 0 Å². The molecular formula is C22H24ClN3OS. The molecule has 28 heavy (non-hydrogen) atoms. The van der Waals surface area contributed by atoms with Crippen LogP contribution in [-0.4, -0.2) is 10.9 Å². The van der Waals surface area contributed by atoms with Crippen molar-refractivity contribution < 1.29 is 4.79 Å². The third kappa shape index (κ3) is 5.57. The number of unbranched alkanes of at least 4 members (excludes halogenated alkanes) is 2. The molecule has 4 nitrogen and oxygen atoms in total. The minimum Gasteiger partial charge on any atom is -0.331 e. The Morgan fingerprint density at radius 3 is 2.68 bits per heavy atom. The Morgan fingerprint density at radius 1 is 1.14 bits per heavy atom. The standard InChI is InChI=1S/C22H24ClN3OS/c1-3-4-5-6-21(27)24-18-11-8-16(9-12-18)20-14-28-22(26-20)25-19-13-17(23)10-7-15(19)2/h7-14H,3-6H2,1-2H3,(H,24,27)(H,25,26). The number of halogens is 1. The predicted octanol–water partition coefficient (Wildman–Crippen LogP) is 7.03. The van der Waals surface area contributed by atoms with E-state index >= 15 is 0 Å². The molecule has 1 amide bonds. The predicted molar refractivity (Wildman–Crippen MR) is 120 cm³/mol. The molecule has 0 saturated heterocycles. The second kappa shape index (κ2) is 9.71. The number of carbonyl (C=O) groups is 1. The van der Waals surface area contributed by atoms with Crippen LogP contribution in [0.3, 0.4) is 0 Å². The fourth-order valence-electron chi connectivity index (χ4n) is 2.79. The van der Waals surface area contributed by atoms with Crippen LogP contribution in [0.2, 0.25) is 5.02 Å². The van der Waals surface area contributed by atoms with Crippen molar-refractivity contribution in [3.8, 4) is 11.3 Å². The Bertz CT molecular complexity index is 937. The van der Waals surface area contributed by atoms with E-state index in [0.717, 1.165) is 52.6 Å². The summed E-state index contributed by atoms with van der Waals surface area (Å²) >= 11 is 7.63. The normalized spacial score (nSPS) is 10.7. The molecule has 1 aromatic heterocycles. The first-order valence-corrected chi connectivity index (χ1v) is 10.7. The summed E-state index contributed by atoms with van der Waals surface area (Å²) in [5.74, 6) is 0.0678. The van der Waals surface area contributed by atoms with Crippen LogP contribution >= 0.6 is 22.9 Å². The maximum Gasteiger partial charge on any atom is 0.224 e. The van der Waals surface area contributed by atoms with Crippen LogP contribution in [0.5, 0.6) is 0 Å². The molecule has 0 aliphatic carbocycles. The van der Waals surface area contributed by atoms with Crippen molar-refractivity contribution in [2.24, 2.45) is 0 Å². The second-order valence-corrected chi connectivity index (χ2v) is 8.00. The van der Waals surface area contributed by atoms with Gasteiger partial charge in [0.2, 0.25) is 5.91 Å². The first-order valence-electron chi connectivity index (χ1n) is 9.44. The lowest BCUT2D eigenvalue weighted by Gasteiger charge is -2.07. The molecule has 0 aliphatic rings. The molecule has 146 valence electrons. The Labute approximate surface area is 175 Å². The summed E-state index contributed by atoms with van der Waals surface area (Å²) in [6, 6.07) is 13.5. The van der Waals surface area contributed by atoms with Gasteiger partial charge in [-0.1, -0.05) is 49.6 Å². The van der Waals surface area contributed by atoms with Crippen LogP contribution in [0.4, 0.5) is 16.5 Å². The van der Waals surface area contributed by atoms with Gasteiger partial charge in [-0.25, -0.2) is 4.98 Å². The zero-order valence-electron chi connectivity index (χ0n) is 16.1. The number of rotatable bonds is 8. The van der Waals surface area contributed by atoms with Crippen LogP contribution in [0, 0.1) is 6.92 Å². The van der Waals surface area contributed by atoms with Crippen molar-refractivity contribution in [2.75, 3.05) is 10.6 Å². The van der Waals surface area contributed by atoms with Gasteiger partial charge in [-0.3, -0.25) is 4.79 Å². The van der Waals surface area contributed by atoms with E-state index < -0.39 is 0 Å². The molecule has 0 fully saturated rings. The van der Waals surface area contributed by atoms with Gasteiger partial charge < -0.3 is 10.6 Å². The fraction of sp³-hybridized carbons (Fsp3) is 0.273. The lowest BCUT2D eigenvalue weighted by atomic mass is 10.1. The number of thiazole rings is 1. The zero-order chi connectivity index (χ0) is 19.9. The monoisotopic (exact) mass is 413 g/mol. The van der Waals surface area contributed by atoms with Crippen LogP contribution < -0.4 is 10.6 Å². The van der Waals surface area contributed by atoms with Gasteiger partial charge in [0.05, 0.1) is 5.69 Å². The van der Waals surface area contributed by atoms with E-state index in [1.807, 2.05) is 54.8 Å². The molecule has 1 heterocycles. The molecule has 0 aliphatic heterocycles. The average molecular weight is 414 g/mol. The average Bonchev–Trinajstić information content (AvgIpc) is 3.14. The lowest BCUT2D eigenvalue weighted by Crippen LogP contribution is -2.10. The fourth-order valence-corrected chi connectivity index (χ4v) is 3.70. The SMILES string of the molecule is CCCCCC(=O)Nc1ccc(-c2csc(Nc3cc(Cl)ccc3C)n2)cc1. The van der Waals surface area contributed by atoms with E-state index in [1.165, 1.54) is 0 Å². The maximum atomic E-state index is 11.9. The molecule has 0 radical (unpaired) electrons. The highest BCUT2D eigenvalue weighted by Crippen LogP contribution is 2.30. The summed E-state index contributed by atoms with van der Waals surface area (Å²) in [7, 11) is 0. The van der Waals surface area contributed by atoms with Crippen LogP contribution in [0.1, 0.15) is 38.2 Å². The molecule has 0 saturated carbocycles. The maximum absolute atomic E-state index is 11.9. The van der Waals surface area contributed by atoms with Crippen LogP contribution in [-0.2, 0) is 4.79 Å². The summed E-state index contributed by atoms with van der Waals surface area (Å²) in [5.41, 5.74) is 4.78. The number of benzene rings is 2. The first kappa shape index (κ1) is 20.4. The van der Waals surface area contributed by atoms with Crippen molar-refractivity contribution in [2.45, 2.75) is 39.5 Å². The Morgan fingerprint density at radius 2 is 1.93 bits per heavy atom. The Kier molecular flexibility index (Phi) is 7.06. The van der Waals surface area contributed by atoms with Crippen molar-refractivity contribution >= 4 is 45.4 Å². The number of aryl methyl sites for hydroxylation is 1. The summed E-state index contributed by atoms with van der Waals surface area (Å²) < 4.78 is 0. The van der Waals surface area contributed by atoms with Gasteiger partial charge in [-0.15, -0.1) is 11.3 Å². The molecule has 0 atom stereocenters. The summed E-state index contributed by atoms with van der Waals surface area (Å²) in [4.78, 5) is 16.6. The van der Waals surface area contributed by atoms with E-state index in [9.17, 15) is 4.79 Å². The molecule has 0 spiro atoms. The highest BCUT2D eigenvalue weighted by molar-refractivity contribution is 7.14. The number of nitrogens with zero attached hydrogens (tertiary/aromatic N) is 1. The van der Waals surface area contributed by atoms with Crippen molar-refractivity contribution in [3.05, 3.63) is 58.4 Å². The van der Waals surface area contributed by atoms with Gasteiger partial charge in [-0.05, 0) is 43.2 Å². The van der Waals surface area contributed by atoms with Crippen LogP contribution in [0.15, 0.2) is 47.8 Å². The first-order chi connectivity index (χ1) is 13.5. The number of nitrogens with one attached hydrogen (secondary N) is 2. The largest absolute Gasteiger partial charge is 0.331 e. The summed E-state index contributed by atoms with van der Waals surface area (Å²) in [5, 5.41) is 9.80. The molecule has 3 aromatic rings. The van der Waals surface area contributed by atoms with Gasteiger partial charge in [-0.2, -0.15) is 0 Å². The molecule has 0 unspecified atom stereocenters. The minimum absolute atomic E-state index is 0.0678. The highest BCUT2D eigenvalue weighted by Gasteiger charge is 2.08. The summed E-state index contributed by atoms with van der Waals surface area (Å²) in [6.07, 6.45) is 3.70. The number of aromatic nitrogens is 1. The topological polar surface area (TPSA) is 54.0 Å². The molecule has 3 rings (SSSR count). The third-order valence-corrected chi connectivity index (χ3v) is 5.41. The van der Waals surface area contributed by atoms with E-state index in [0.29, 0.717) is 11.4 Å². The smallest absolute Gasteiger partial charge is 0.224 e. The van der Waals surface area contributed by atoms with Gasteiger partial charge in [0.15, 0.2) is 5.13 Å². The zero-order valence-corrected chi connectivity index (χ0v) is 17.7. The molecule has 2 N–H and O–H groups in total. The molecule has 0 bridgehead atoms. The van der Waals surface area contributed by atoms with E-state index in [-0.39, 0.29) is 5.91 Å². The van der Waals surface area contributed by atoms with Crippen molar-refractivity contribution in [1.82, 2.24) is 4.98 Å².